The lowest BCUT2D eigenvalue weighted by molar-refractivity contribution is 0.0993. The first-order valence-corrected chi connectivity index (χ1v) is 10.8. The first-order chi connectivity index (χ1) is 12.0. The molecule has 0 bridgehead atoms. The largest absolute Gasteiger partial charge is 0.455 e. The molecule has 1 saturated heterocycles. The molecule has 132 valence electrons. The van der Waals surface area contributed by atoms with E-state index in [0.29, 0.717) is 15.8 Å². The zero-order valence-electron chi connectivity index (χ0n) is 13.5. The van der Waals surface area contributed by atoms with E-state index in [4.69, 9.17) is 27.6 Å². The number of hydrogen-bond acceptors (Lipinski definition) is 5. The standard InChI is InChI=1S/C17H16Cl2N2O2S2/c1-9-13-12(3-2-4-17(13)24-5-6-25-17)23-14(9)16(22)21-15-11(19)7-10(18)8-20-15/h7-8H,2-6H2,1H3,(H,20,21,22). The average molecular weight is 415 g/mol. The van der Waals surface area contributed by atoms with Crippen LogP contribution in [0.25, 0.3) is 0 Å². The van der Waals surface area contributed by atoms with Crippen molar-refractivity contribution >= 4 is 58.5 Å². The van der Waals surface area contributed by atoms with Crippen LogP contribution in [0.4, 0.5) is 5.82 Å². The van der Waals surface area contributed by atoms with Gasteiger partial charge in [0.1, 0.15) is 5.76 Å². The minimum atomic E-state index is -0.327. The van der Waals surface area contributed by atoms with Crippen molar-refractivity contribution in [3.8, 4) is 0 Å². The minimum absolute atomic E-state index is 0.0515. The number of nitrogens with one attached hydrogen (secondary N) is 1. The number of carbonyl (C=O) groups is 1. The van der Waals surface area contributed by atoms with E-state index in [9.17, 15) is 4.79 Å². The van der Waals surface area contributed by atoms with Crippen LogP contribution in [0.3, 0.4) is 0 Å². The Morgan fingerprint density at radius 1 is 1.36 bits per heavy atom. The molecule has 1 fully saturated rings. The molecule has 0 saturated carbocycles. The van der Waals surface area contributed by atoms with Gasteiger partial charge in [-0.3, -0.25) is 4.79 Å². The Hall–Kier alpha value is -0.820. The van der Waals surface area contributed by atoms with E-state index in [0.717, 1.165) is 42.1 Å². The predicted octanol–water partition coefficient (Wildman–Crippen LogP) is 5.51. The molecule has 1 aliphatic heterocycles. The molecule has 1 N–H and O–H groups in total. The van der Waals surface area contributed by atoms with E-state index in [-0.39, 0.29) is 15.8 Å². The lowest BCUT2D eigenvalue weighted by Crippen LogP contribution is -2.21. The fourth-order valence-electron chi connectivity index (χ4n) is 3.49. The number of furan rings is 1. The predicted molar refractivity (Wildman–Crippen MR) is 105 cm³/mol. The monoisotopic (exact) mass is 414 g/mol. The Kier molecular flexibility index (Phi) is 4.73. The molecule has 2 aromatic heterocycles. The number of nitrogens with zero attached hydrogens (tertiary/aromatic N) is 1. The van der Waals surface area contributed by atoms with Crippen molar-refractivity contribution in [2.45, 2.75) is 30.3 Å². The summed E-state index contributed by atoms with van der Waals surface area (Å²) < 4.78 is 6.04. The molecule has 2 aromatic rings. The van der Waals surface area contributed by atoms with Gasteiger partial charge in [-0.25, -0.2) is 4.98 Å². The summed E-state index contributed by atoms with van der Waals surface area (Å²) in [5, 5.41) is 3.46. The third kappa shape index (κ3) is 3.07. The van der Waals surface area contributed by atoms with Gasteiger partial charge in [-0.15, -0.1) is 23.5 Å². The van der Waals surface area contributed by atoms with Crippen LogP contribution >= 0.6 is 46.7 Å². The molecule has 0 radical (unpaired) electrons. The van der Waals surface area contributed by atoms with Gasteiger partial charge in [-0.05, 0) is 25.8 Å². The maximum Gasteiger partial charge on any atom is 0.292 e. The molecule has 25 heavy (non-hydrogen) atoms. The number of pyridine rings is 1. The van der Waals surface area contributed by atoms with Crippen LogP contribution in [0, 0.1) is 6.92 Å². The topological polar surface area (TPSA) is 55.1 Å². The number of fused-ring (bicyclic) bond motifs is 2. The van der Waals surface area contributed by atoms with Gasteiger partial charge in [0, 0.05) is 35.3 Å². The first kappa shape index (κ1) is 17.6. The molecule has 4 rings (SSSR count). The smallest absolute Gasteiger partial charge is 0.292 e. The molecule has 1 amide bonds. The Bertz CT molecular complexity index is 847. The van der Waals surface area contributed by atoms with Crippen LogP contribution in [0.1, 0.15) is 40.3 Å². The van der Waals surface area contributed by atoms with Crippen LogP contribution in [-0.4, -0.2) is 22.4 Å². The number of hydrogen-bond donors (Lipinski definition) is 1. The van der Waals surface area contributed by atoms with Gasteiger partial charge in [0.2, 0.25) is 0 Å². The maximum absolute atomic E-state index is 12.7. The highest BCUT2D eigenvalue weighted by Crippen LogP contribution is 2.59. The van der Waals surface area contributed by atoms with E-state index >= 15 is 0 Å². The summed E-state index contributed by atoms with van der Waals surface area (Å²) in [6.45, 7) is 1.97. The van der Waals surface area contributed by atoms with Crippen LogP contribution in [0.5, 0.6) is 0 Å². The molecule has 1 aliphatic carbocycles. The lowest BCUT2D eigenvalue weighted by atomic mass is 9.94. The molecule has 0 atom stereocenters. The number of amides is 1. The molecule has 4 nitrogen and oxygen atoms in total. The van der Waals surface area contributed by atoms with Gasteiger partial charge in [0.05, 0.1) is 14.1 Å². The third-order valence-electron chi connectivity index (χ3n) is 4.51. The number of halogens is 2. The molecule has 2 aliphatic rings. The van der Waals surface area contributed by atoms with Crippen molar-refractivity contribution in [2.75, 3.05) is 16.8 Å². The number of aryl methyl sites for hydroxylation is 1. The number of aromatic nitrogens is 1. The number of carbonyl (C=O) groups excluding carboxylic acids is 1. The van der Waals surface area contributed by atoms with E-state index in [1.807, 2.05) is 30.4 Å². The summed E-state index contributed by atoms with van der Waals surface area (Å²) in [6, 6.07) is 1.55. The van der Waals surface area contributed by atoms with Gasteiger partial charge >= 0.3 is 0 Å². The van der Waals surface area contributed by atoms with Crippen molar-refractivity contribution in [1.82, 2.24) is 4.98 Å². The number of anilines is 1. The van der Waals surface area contributed by atoms with Crippen molar-refractivity contribution in [3.63, 3.8) is 0 Å². The molecule has 3 heterocycles. The Balaban J connectivity index is 1.67. The second-order valence-corrected chi connectivity index (χ2v) is 9.99. The van der Waals surface area contributed by atoms with E-state index in [2.05, 4.69) is 10.3 Å². The Morgan fingerprint density at radius 2 is 2.12 bits per heavy atom. The van der Waals surface area contributed by atoms with Crippen molar-refractivity contribution < 1.29 is 9.21 Å². The van der Waals surface area contributed by atoms with Crippen LogP contribution in [-0.2, 0) is 10.5 Å². The molecular formula is C17H16Cl2N2O2S2. The van der Waals surface area contributed by atoms with Crippen molar-refractivity contribution in [3.05, 3.63) is 45.0 Å². The lowest BCUT2D eigenvalue weighted by Gasteiger charge is -2.31. The molecule has 0 aromatic carbocycles. The summed E-state index contributed by atoms with van der Waals surface area (Å²) in [7, 11) is 0. The van der Waals surface area contributed by atoms with Crippen LogP contribution in [0.2, 0.25) is 10.0 Å². The normalized spacial score (nSPS) is 18.4. The van der Waals surface area contributed by atoms with Gasteiger partial charge in [-0.2, -0.15) is 0 Å². The summed E-state index contributed by atoms with van der Waals surface area (Å²) in [5.74, 6) is 3.54. The SMILES string of the molecule is Cc1c(C(=O)Nc2ncc(Cl)cc2Cl)oc2c1C1(CCC2)SCCS1. The average Bonchev–Trinajstić information content (AvgIpc) is 3.16. The van der Waals surface area contributed by atoms with Gasteiger partial charge in [0.15, 0.2) is 11.6 Å². The molecule has 0 unspecified atom stereocenters. The second kappa shape index (κ2) is 6.72. The van der Waals surface area contributed by atoms with E-state index in [1.54, 1.807) is 6.07 Å². The highest BCUT2D eigenvalue weighted by molar-refractivity contribution is 8.20. The quantitative estimate of drug-likeness (QED) is 0.701. The number of thioether (sulfide) groups is 2. The van der Waals surface area contributed by atoms with Gasteiger partial charge in [-0.1, -0.05) is 23.2 Å². The summed E-state index contributed by atoms with van der Waals surface area (Å²) in [6.07, 6.45) is 4.54. The van der Waals surface area contributed by atoms with Crippen LogP contribution in [0.15, 0.2) is 16.7 Å². The second-order valence-electron chi connectivity index (χ2n) is 6.10. The maximum atomic E-state index is 12.7. The van der Waals surface area contributed by atoms with Gasteiger partial charge < -0.3 is 9.73 Å². The highest BCUT2D eigenvalue weighted by Gasteiger charge is 2.45. The summed E-state index contributed by atoms with van der Waals surface area (Å²) in [4.78, 5) is 16.8. The molecular weight excluding hydrogens is 399 g/mol. The summed E-state index contributed by atoms with van der Waals surface area (Å²) >= 11 is 15.9. The highest BCUT2D eigenvalue weighted by atomic mass is 35.5. The Labute approximate surface area is 164 Å². The first-order valence-electron chi connectivity index (χ1n) is 8.03. The number of rotatable bonds is 2. The van der Waals surface area contributed by atoms with Crippen molar-refractivity contribution in [1.29, 1.82) is 0 Å². The van der Waals surface area contributed by atoms with Crippen LogP contribution < -0.4 is 5.32 Å². The molecule has 1 spiro atoms. The zero-order valence-corrected chi connectivity index (χ0v) is 16.7. The van der Waals surface area contributed by atoms with E-state index in [1.165, 1.54) is 11.8 Å². The van der Waals surface area contributed by atoms with E-state index < -0.39 is 0 Å². The van der Waals surface area contributed by atoms with Crippen molar-refractivity contribution in [2.24, 2.45) is 0 Å². The molecule has 8 heteroatoms. The fourth-order valence-corrected chi connectivity index (χ4v) is 7.47. The van der Waals surface area contributed by atoms with Gasteiger partial charge in [0.25, 0.3) is 5.91 Å². The third-order valence-corrected chi connectivity index (χ3v) is 8.54. The Morgan fingerprint density at radius 3 is 2.84 bits per heavy atom. The zero-order chi connectivity index (χ0) is 17.6. The summed E-state index contributed by atoms with van der Waals surface area (Å²) in [5.41, 5.74) is 2.14. The minimum Gasteiger partial charge on any atom is -0.455 e. The fraction of sp³-hybridized carbons (Fsp3) is 0.412.